The Labute approximate surface area is 147 Å². The van der Waals surface area contributed by atoms with Crippen molar-refractivity contribution in [3.05, 3.63) is 45.1 Å². The van der Waals surface area contributed by atoms with Crippen molar-refractivity contribution in [3.8, 4) is 0 Å². The Morgan fingerprint density at radius 1 is 1.12 bits per heavy atom. The number of carbonyl (C=O) groups is 1. The van der Waals surface area contributed by atoms with Crippen LogP contribution in [0.5, 0.6) is 0 Å². The molecule has 0 bridgehead atoms. The van der Waals surface area contributed by atoms with E-state index in [1.165, 1.54) is 9.13 Å². The predicted octanol–water partition coefficient (Wildman–Crippen LogP) is 2.44. The van der Waals surface area contributed by atoms with Crippen LogP contribution >= 0.6 is 0 Å². The van der Waals surface area contributed by atoms with E-state index in [9.17, 15) is 14.4 Å². The van der Waals surface area contributed by atoms with Crippen molar-refractivity contribution in [2.45, 2.75) is 65.6 Å². The number of rotatable bonds is 7. The summed E-state index contributed by atoms with van der Waals surface area (Å²) in [4.78, 5) is 38.4. The molecule has 6 nitrogen and oxygen atoms in total. The largest absolute Gasteiger partial charge is 0.352 e. The summed E-state index contributed by atoms with van der Waals surface area (Å²) in [5.41, 5.74) is -0.205. The molecule has 0 spiro atoms. The van der Waals surface area contributed by atoms with Crippen LogP contribution in [-0.4, -0.2) is 21.1 Å². The highest BCUT2D eigenvalue weighted by Gasteiger charge is 2.24. The Kier molecular flexibility index (Phi) is 6.17. The van der Waals surface area contributed by atoms with Gasteiger partial charge in [-0.1, -0.05) is 32.9 Å². The number of carbonyl (C=O) groups excluding carboxylic acids is 1. The normalized spacial score (nSPS) is 13.6. The van der Waals surface area contributed by atoms with Crippen LogP contribution in [0.25, 0.3) is 10.9 Å². The molecular weight excluding hydrogens is 318 g/mol. The molecule has 1 aromatic heterocycles. The molecule has 0 aliphatic carbocycles. The van der Waals surface area contributed by atoms with E-state index < -0.39 is 11.7 Å². The lowest BCUT2D eigenvalue weighted by Gasteiger charge is -2.23. The highest BCUT2D eigenvalue weighted by atomic mass is 16.2. The van der Waals surface area contributed by atoms with Crippen LogP contribution in [0, 0.1) is 0 Å². The van der Waals surface area contributed by atoms with Crippen molar-refractivity contribution in [2.24, 2.45) is 0 Å². The van der Waals surface area contributed by atoms with Crippen molar-refractivity contribution in [1.29, 1.82) is 0 Å². The molecule has 25 heavy (non-hydrogen) atoms. The third-order valence-corrected chi connectivity index (χ3v) is 4.53. The average molecular weight is 345 g/mol. The fraction of sp³-hybridized carbons (Fsp3) is 0.526. The van der Waals surface area contributed by atoms with Gasteiger partial charge in [-0.15, -0.1) is 0 Å². The number of amides is 1. The van der Waals surface area contributed by atoms with E-state index in [0.717, 1.165) is 6.42 Å². The Bertz CT molecular complexity index is 866. The van der Waals surface area contributed by atoms with E-state index in [4.69, 9.17) is 0 Å². The molecule has 0 fully saturated rings. The van der Waals surface area contributed by atoms with Crippen LogP contribution in [0.3, 0.4) is 0 Å². The average Bonchev–Trinajstić information content (AvgIpc) is 2.61. The van der Waals surface area contributed by atoms with Gasteiger partial charge in [0, 0.05) is 12.6 Å². The van der Waals surface area contributed by atoms with Crippen LogP contribution in [0.15, 0.2) is 33.9 Å². The molecule has 1 N–H and O–H groups in total. The van der Waals surface area contributed by atoms with Gasteiger partial charge in [-0.25, -0.2) is 4.79 Å². The molecule has 2 atom stereocenters. The summed E-state index contributed by atoms with van der Waals surface area (Å²) in [6.07, 6.45) is 1.95. The molecule has 0 radical (unpaired) electrons. The summed E-state index contributed by atoms with van der Waals surface area (Å²) in [7, 11) is 0. The number of para-hydroxylation sites is 1. The lowest BCUT2D eigenvalue weighted by molar-refractivity contribution is -0.125. The topological polar surface area (TPSA) is 73.1 Å². The van der Waals surface area contributed by atoms with Crippen molar-refractivity contribution in [1.82, 2.24) is 14.5 Å². The van der Waals surface area contributed by atoms with Gasteiger partial charge in [0.05, 0.1) is 10.9 Å². The van der Waals surface area contributed by atoms with E-state index in [-0.39, 0.29) is 17.5 Å². The Balaban J connectivity index is 2.72. The second-order valence-electron chi connectivity index (χ2n) is 6.37. The third-order valence-electron chi connectivity index (χ3n) is 4.53. The van der Waals surface area contributed by atoms with E-state index in [2.05, 4.69) is 5.32 Å². The minimum absolute atomic E-state index is 0.0325. The fourth-order valence-corrected chi connectivity index (χ4v) is 2.98. The molecule has 0 aliphatic rings. The lowest BCUT2D eigenvalue weighted by Crippen LogP contribution is -2.46. The van der Waals surface area contributed by atoms with Gasteiger partial charge in [-0.3, -0.25) is 18.7 Å². The van der Waals surface area contributed by atoms with Crippen LogP contribution in [0.4, 0.5) is 0 Å². The van der Waals surface area contributed by atoms with Gasteiger partial charge in [0.2, 0.25) is 5.91 Å². The number of nitrogens with one attached hydrogen (secondary N) is 1. The zero-order chi connectivity index (χ0) is 18.6. The van der Waals surface area contributed by atoms with Gasteiger partial charge < -0.3 is 5.32 Å². The summed E-state index contributed by atoms with van der Waals surface area (Å²) >= 11 is 0. The number of hydrogen-bond acceptors (Lipinski definition) is 3. The smallest absolute Gasteiger partial charge is 0.332 e. The molecule has 0 saturated heterocycles. The summed E-state index contributed by atoms with van der Waals surface area (Å²) < 4.78 is 2.71. The van der Waals surface area contributed by atoms with Crippen molar-refractivity contribution < 1.29 is 4.79 Å². The molecule has 2 aromatic rings. The molecule has 0 saturated carbocycles. The standard InChI is InChI=1S/C19H27N3O3/c1-5-12-21-18(24)14-10-8-9-11-16(14)22(19(21)25)15(7-3)17(23)20-13(4)6-2/h8-11,13,15H,5-7,12H2,1-4H3,(H,20,23)/t13-,15-/m1/s1. The van der Waals surface area contributed by atoms with Gasteiger partial charge in [0.15, 0.2) is 0 Å². The zero-order valence-corrected chi connectivity index (χ0v) is 15.4. The highest BCUT2D eigenvalue weighted by Crippen LogP contribution is 2.17. The van der Waals surface area contributed by atoms with Gasteiger partial charge in [0.1, 0.15) is 6.04 Å². The zero-order valence-electron chi connectivity index (χ0n) is 15.4. The molecule has 6 heteroatoms. The van der Waals surface area contributed by atoms with Crippen LogP contribution in [0.1, 0.15) is 53.0 Å². The van der Waals surface area contributed by atoms with Gasteiger partial charge >= 0.3 is 5.69 Å². The maximum absolute atomic E-state index is 13.0. The first kappa shape index (κ1) is 19.0. The Morgan fingerprint density at radius 2 is 1.80 bits per heavy atom. The number of aromatic nitrogens is 2. The summed E-state index contributed by atoms with van der Waals surface area (Å²) in [6.45, 7) is 8.06. The van der Waals surface area contributed by atoms with Crippen molar-refractivity contribution in [2.75, 3.05) is 0 Å². The Morgan fingerprint density at radius 3 is 2.40 bits per heavy atom. The summed E-state index contributed by atoms with van der Waals surface area (Å²) in [6, 6.07) is 6.38. The number of hydrogen-bond donors (Lipinski definition) is 1. The second kappa shape index (κ2) is 8.14. The first-order valence-corrected chi connectivity index (χ1v) is 9.00. The number of nitrogens with zero attached hydrogens (tertiary/aromatic N) is 2. The number of fused-ring (bicyclic) bond motifs is 1. The molecule has 2 rings (SSSR count). The van der Waals surface area contributed by atoms with E-state index >= 15 is 0 Å². The summed E-state index contributed by atoms with van der Waals surface area (Å²) in [5.74, 6) is -0.189. The third kappa shape index (κ3) is 3.67. The van der Waals surface area contributed by atoms with Gasteiger partial charge in [0.25, 0.3) is 5.56 Å². The van der Waals surface area contributed by atoms with Crippen LogP contribution < -0.4 is 16.6 Å². The highest BCUT2D eigenvalue weighted by molar-refractivity contribution is 5.84. The van der Waals surface area contributed by atoms with E-state index in [1.54, 1.807) is 24.3 Å². The van der Waals surface area contributed by atoms with E-state index in [0.29, 0.717) is 30.3 Å². The van der Waals surface area contributed by atoms with Crippen molar-refractivity contribution in [3.63, 3.8) is 0 Å². The van der Waals surface area contributed by atoms with Crippen LogP contribution in [0.2, 0.25) is 0 Å². The quantitative estimate of drug-likeness (QED) is 0.838. The maximum Gasteiger partial charge on any atom is 0.332 e. The predicted molar refractivity (Wildman–Crippen MR) is 100.0 cm³/mol. The number of benzene rings is 1. The lowest BCUT2D eigenvalue weighted by atomic mass is 10.1. The molecule has 1 heterocycles. The van der Waals surface area contributed by atoms with Gasteiger partial charge in [-0.05, 0) is 38.3 Å². The monoisotopic (exact) mass is 345 g/mol. The molecule has 1 aromatic carbocycles. The Hall–Kier alpha value is -2.37. The van der Waals surface area contributed by atoms with Crippen molar-refractivity contribution >= 4 is 16.8 Å². The summed E-state index contributed by atoms with van der Waals surface area (Å²) in [5, 5.41) is 3.41. The van der Waals surface area contributed by atoms with E-state index in [1.807, 2.05) is 27.7 Å². The molecule has 0 unspecified atom stereocenters. The fourth-order valence-electron chi connectivity index (χ4n) is 2.98. The first-order chi connectivity index (χ1) is 12.0. The minimum atomic E-state index is -0.643. The van der Waals surface area contributed by atoms with Crippen LogP contribution in [-0.2, 0) is 11.3 Å². The first-order valence-electron chi connectivity index (χ1n) is 9.00. The SMILES string of the molecule is CCCn1c(=O)c2ccccc2n([C@H](CC)C(=O)N[C@H](C)CC)c1=O. The second-order valence-corrected chi connectivity index (χ2v) is 6.37. The molecule has 136 valence electrons. The maximum atomic E-state index is 13.0. The molecule has 0 aliphatic heterocycles. The minimum Gasteiger partial charge on any atom is -0.352 e. The van der Waals surface area contributed by atoms with Gasteiger partial charge in [-0.2, -0.15) is 0 Å². The molecular formula is C19H27N3O3. The molecule has 1 amide bonds.